The molecule has 3 aromatic rings. The number of imidazole rings is 1. The van der Waals surface area contributed by atoms with Crippen LogP contribution in [0.2, 0.25) is 0 Å². The van der Waals surface area contributed by atoms with E-state index in [4.69, 9.17) is 4.98 Å². The Labute approximate surface area is 164 Å². The number of nitrogens with one attached hydrogen (secondary N) is 2. The van der Waals surface area contributed by atoms with Crippen LogP contribution in [0, 0.1) is 6.92 Å². The average Bonchev–Trinajstić information content (AvgIpc) is 3.43. The highest BCUT2D eigenvalue weighted by Gasteiger charge is 2.32. The number of hydrogen-bond acceptors (Lipinski definition) is 3. The summed E-state index contributed by atoms with van der Waals surface area (Å²) in [7, 11) is 0. The van der Waals surface area contributed by atoms with Crippen LogP contribution < -0.4 is 0 Å². The number of likely N-dealkylation sites (tertiary alicyclic amines) is 1. The van der Waals surface area contributed by atoms with Crippen molar-refractivity contribution >= 4 is 16.9 Å². The molecule has 1 amide bonds. The van der Waals surface area contributed by atoms with Gasteiger partial charge in [0, 0.05) is 25.1 Å². The van der Waals surface area contributed by atoms with E-state index in [-0.39, 0.29) is 11.9 Å². The van der Waals surface area contributed by atoms with E-state index in [0.717, 1.165) is 61.2 Å². The van der Waals surface area contributed by atoms with E-state index in [1.807, 2.05) is 11.0 Å². The molecule has 2 aromatic heterocycles. The first-order valence-corrected chi connectivity index (χ1v) is 10.5. The maximum Gasteiger partial charge on any atom is 0.223 e. The number of H-pyrrole nitrogens is 2. The molecule has 6 heteroatoms. The van der Waals surface area contributed by atoms with E-state index < -0.39 is 0 Å². The van der Waals surface area contributed by atoms with E-state index in [0.29, 0.717) is 6.42 Å². The molecule has 1 aromatic carbocycles. The van der Waals surface area contributed by atoms with Crippen molar-refractivity contribution in [3.63, 3.8) is 0 Å². The molecular weight excluding hydrogens is 350 g/mol. The predicted octanol–water partition coefficient (Wildman–Crippen LogP) is 3.77. The number of hydrogen-bond donors (Lipinski definition) is 2. The minimum Gasteiger partial charge on any atom is -0.340 e. The van der Waals surface area contributed by atoms with E-state index in [1.54, 1.807) is 0 Å². The molecule has 0 radical (unpaired) electrons. The first kappa shape index (κ1) is 17.5. The third kappa shape index (κ3) is 3.11. The van der Waals surface area contributed by atoms with Crippen LogP contribution in [-0.4, -0.2) is 37.5 Å². The fourth-order valence-electron chi connectivity index (χ4n) is 4.78. The fraction of sp³-hybridized carbons (Fsp3) is 0.500. The zero-order valence-corrected chi connectivity index (χ0v) is 16.4. The Morgan fingerprint density at radius 2 is 2.14 bits per heavy atom. The van der Waals surface area contributed by atoms with Gasteiger partial charge in [-0.3, -0.25) is 9.89 Å². The van der Waals surface area contributed by atoms with Gasteiger partial charge in [0.2, 0.25) is 5.91 Å². The molecule has 3 heterocycles. The average molecular weight is 377 g/mol. The number of carbonyl (C=O) groups excluding carboxylic acids is 1. The first-order valence-electron chi connectivity index (χ1n) is 10.5. The molecular formula is C22H27N5O. The van der Waals surface area contributed by atoms with Crippen LogP contribution in [0.25, 0.3) is 11.0 Å². The van der Waals surface area contributed by atoms with Crippen molar-refractivity contribution in [2.45, 2.75) is 64.3 Å². The first-order chi connectivity index (χ1) is 13.7. The van der Waals surface area contributed by atoms with Crippen molar-refractivity contribution < 1.29 is 4.79 Å². The van der Waals surface area contributed by atoms with Gasteiger partial charge in [0.1, 0.15) is 5.82 Å². The molecule has 1 aliphatic carbocycles. The van der Waals surface area contributed by atoms with Crippen LogP contribution in [0.15, 0.2) is 18.2 Å². The molecule has 28 heavy (non-hydrogen) atoms. The molecule has 2 N–H and O–H groups in total. The third-order valence-corrected chi connectivity index (χ3v) is 6.26. The van der Waals surface area contributed by atoms with Gasteiger partial charge in [0.15, 0.2) is 0 Å². The number of aromatic amines is 2. The number of carbonyl (C=O) groups is 1. The second kappa shape index (κ2) is 7.08. The van der Waals surface area contributed by atoms with Crippen molar-refractivity contribution in [1.29, 1.82) is 0 Å². The van der Waals surface area contributed by atoms with Crippen molar-refractivity contribution in [2.24, 2.45) is 0 Å². The van der Waals surface area contributed by atoms with Crippen molar-refractivity contribution in [2.75, 3.05) is 6.54 Å². The van der Waals surface area contributed by atoms with Gasteiger partial charge < -0.3 is 9.88 Å². The number of aromatic nitrogens is 4. The Bertz CT molecular complexity index is 1020. The number of amides is 1. The monoisotopic (exact) mass is 377 g/mol. The second-order valence-corrected chi connectivity index (χ2v) is 8.22. The number of aryl methyl sites for hydroxylation is 3. The largest absolute Gasteiger partial charge is 0.340 e. The SMILES string of the molecule is Cc1ccc2nc(C3CCCN3C(=O)CCc3n[nH]c4c3CCCC4)[nH]c2c1. The molecule has 6 nitrogen and oxygen atoms in total. The molecule has 1 atom stereocenters. The molecule has 1 unspecified atom stereocenters. The Hall–Kier alpha value is -2.63. The zero-order valence-electron chi connectivity index (χ0n) is 16.4. The van der Waals surface area contributed by atoms with Crippen LogP contribution >= 0.6 is 0 Å². The normalized spacial score (nSPS) is 19.3. The van der Waals surface area contributed by atoms with Gasteiger partial charge in [-0.2, -0.15) is 5.10 Å². The van der Waals surface area contributed by atoms with Crippen LogP contribution in [-0.2, 0) is 24.1 Å². The summed E-state index contributed by atoms with van der Waals surface area (Å²) in [4.78, 5) is 23.2. The van der Waals surface area contributed by atoms with Gasteiger partial charge in [-0.05, 0) is 68.7 Å². The molecule has 1 aliphatic heterocycles. The van der Waals surface area contributed by atoms with E-state index in [1.165, 1.54) is 29.7 Å². The third-order valence-electron chi connectivity index (χ3n) is 6.26. The Morgan fingerprint density at radius 3 is 3.07 bits per heavy atom. The minimum absolute atomic E-state index is 0.0632. The molecule has 2 aliphatic rings. The summed E-state index contributed by atoms with van der Waals surface area (Å²) in [5, 5.41) is 7.68. The quantitative estimate of drug-likeness (QED) is 0.726. The van der Waals surface area contributed by atoms with Crippen molar-refractivity contribution in [3.8, 4) is 0 Å². The number of fused-ring (bicyclic) bond motifs is 2. The number of rotatable bonds is 4. The summed E-state index contributed by atoms with van der Waals surface area (Å²) >= 11 is 0. The summed E-state index contributed by atoms with van der Waals surface area (Å²) in [6.45, 7) is 2.90. The summed E-state index contributed by atoms with van der Waals surface area (Å²) < 4.78 is 0. The fourth-order valence-corrected chi connectivity index (χ4v) is 4.78. The van der Waals surface area contributed by atoms with Gasteiger partial charge in [-0.25, -0.2) is 4.98 Å². The second-order valence-electron chi connectivity index (χ2n) is 8.22. The van der Waals surface area contributed by atoms with Crippen LogP contribution in [0.4, 0.5) is 0 Å². The Balaban J connectivity index is 1.30. The Kier molecular flexibility index (Phi) is 4.41. The summed E-state index contributed by atoms with van der Waals surface area (Å²) in [6.07, 6.45) is 7.91. The Morgan fingerprint density at radius 1 is 1.25 bits per heavy atom. The highest BCUT2D eigenvalue weighted by Crippen LogP contribution is 2.32. The van der Waals surface area contributed by atoms with Gasteiger partial charge >= 0.3 is 0 Å². The summed E-state index contributed by atoms with van der Waals surface area (Å²) in [5.41, 5.74) is 6.98. The van der Waals surface area contributed by atoms with Gasteiger partial charge in [-0.15, -0.1) is 0 Å². The maximum atomic E-state index is 13.0. The maximum absolute atomic E-state index is 13.0. The number of nitrogens with zero attached hydrogens (tertiary/aromatic N) is 3. The molecule has 0 spiro atoms. The molecule has 1 saturated heterocycles. The van der Waals surface area contributed by atoms with Crippen LogP contribution in [0.1, 0.15) is 66.5 Å². The topological polar surface area (TPSA) is 77.7 Å². The predicted molar refractivity (Wildman–Crippen MR) is 108 cm³/mol. The standard InChI is InChI=1S/C22H27N5O/c1-14-8-9-18-19(13-14)24-22(23-18)20-7-4-12-27(20)21(28)11-10-17-15-5-2-3-6-16(15)25-26-17/h8-9,13,20H,2-7,10-12H2,1H3,(H,23,24)(H,25,26). The van der Waals surface area contributed by atoms with Gasteiger partial charge in [0.25, 0.3) is 0 Å². The lowest BCUT2D eigenvalue weighted by Crippen LogP contribution is -2.31. The molecule has 146 valence electrons. The highest BCUT2D eigenvalue weighted by molar-refractivity contribution is 5.78. The molecule has 0 bridgehead atoms. The lowest BCUT2D eigenvalue weighted by Gasteiger charge is -2.23. The van der Waals surface area contributed by atoms with Crippen molar-refractivity contribution in [1.82, 2.24) is 25.1 Å². The zero-order chi connectivity index (χ0) is 19.1. The minimum atomic E-state index is 0.0632. The number of benzene rings is 1. The van der Waals surface area contributed by atoms with Gasteiger partial charge in [-0.1, -0.05) is 6.07 Å². The summed E-state index contributed by atoms with van der Waals surface area (Å²) in [6, 6.07) is 6.31. The van der Waals surface area contributed by atoms with Crippen LogP contribution in [0.5, 0.6) is 0 Å². The van der Waals surface area contributed by atoms with Crippen LogP contribution in [0.3, 0.4) is 0 Å². The van der Waals surface area contributed by atoms with E-state index in [9.17, 15) is 4.79 Å². The van der Waals surface area contributed by atoms with E-state index >= 15 is 0 Å². The van der Waals surface area contributed by atoms with Gasteiger partial charge in [0.05, 0.1) is 22.8 Å². The van der Waals surface area contributed by atoms with E-state index in [2.05, 4.69) is 34.2 Å². The summed E-state index contributed by atoms with van der Waals surface area (Å²) in [5.74, 6) is 1.13. The molecule has 5 rings (SSSR count). The lowest BCUT2D eigenvalue weighted by molar-refractivity contribution is -0.132. The molecule has 1 fully saturated rings. The highest BCUT2D eigenvalue weighted by atomic mass is 16.2. The lowest BCUT2D eigenvalue weighted by atomic mass is 9.94. The smallest absolute Gasteiger partial charge is 0.223 e. The molecule has 0 saturated carbocycles. The van der Waals surface area contributed by atoms with Crippen molar-refractivity contribution in [3.05, 3.63) is 46.5 Å².